The number of hydrogen-bond donors (Lipinski definition) is 0. The van der Waals surface area contributed by atoms with Crippen molar-refractivity contribution in [2.45, 2.75) is 39.5 Å². The number of ether oxygens (including phenoxy) is 2. The van der Waals surface area contributed by atoms with Crippen LogP contribution in [0.1, 0.15) is 36.1 Å². The first kappa shape index (κ1) is 17.1. The molecule has 3 heteroatoms. The number of hydrogen-bond acceptors (Lipinski definition) is 3. The van der Waals surface area contributed by atoms with Gasteiger partial charge in [0.2, 0.25) is 0 Å². The summed E-state index contributed by atoms with van der Waals surface area (Å²) in [7, 11) is 0. The van der Waals surface area contributed by atoms with E-state index in [4.69, 9.17) is 9.47 Å². The Labute approximate surface area is 155 Å². The molecule has 0 amide bonds. The topological polar surface area (TPSA) is 35.5 Å². The standard InChI is InChI=1S/C23H26O3/c1-16(24)26-15-23(2)12-20-8-7-17(10-21(20)13-23)9-18-11-19-5-3-4-6-22(19)25-14-18/h3-8,10,18H,9,11-15H2,1-2H3/t18?,23-/m0/s1. The summed E-state index contributed by atoms with van der Waals surface area (Å²) in [5, 5.41) is 0. The van der Waals surface area contributed by atoms with Crippen molar-refractivity contribution in [1.29, 1.82) is 0 Å². The van der Waals surface area contributed by atoms with E-state index in [0.29, 0.717) is 12.5 Å². The van der Waals surface area contributed by atoms with Crippen molar-refractivity contribution in [3.8, 4) is 5.75 Å². The summed E-state index contributed by atoms with van der Waals surface area (Å²) in [4.78, 5) is 11.1. The van der Waals surface area contributed by atoms with Gasteiger partial charge in [-0.1, -0.05) is 43.3 Å². The fraction of sp³-hybridized carbons (Fsp3) is 0.435. The van der Waals surface area contributed by atoms with Gasteiger partial charge < -0.3 is 9.47 Å². The van der Waals surface area contributed by atoms with Crippen LogP contribution in [0.3, 0.4) is 0 Å². The van der Waals surface area contributed by atoms with Crippen molar-refractivity contribution in [3.63, 3.8) is 0 Å². The molecule has 0 radical (unpaired) electrons. The Morgan fingerprint density at radius 2 is 1.96 bits per heavy atom. The highest BCUT2D eigenvalue weighted by Gasteiger charge is 2.34. The van der Waals surface area contributed by atoms with E-state index in [9.17, 15) is 4.79 Å². The second kappa shape index (κ2) is 6.79. The minimum atomic E-state index is -0.194. The SMILES string of the molecule is CC(=O)OC[C@@]1(C)Cc2ccc(CC3COc4ccccc4C3)cc2C1. The first-order chi connectivity index (χ1) is 12.5. The van der Waals surface area contributed by atoms with Gasteiger partial charge in [-0.2, -0.15) is 0 Å². The van der Waals surface area contributed by atoms with Crippen molar-refractivity contribution in [2.24, 2.45) is 11.3 Å². The molecule has 0 aromatic heterocycles. The van der Waals surface area contributed by atoms with Crippen LogP contribution >= 0.6 is 0 Å². The van der Waals surface area contributed by atoms with E-state index < -0.39 is 0 Å². The molecule has 0 N–H and O–H groups in total. The van der Waals surface area contributed by atoms with Crippen molar-refractivity contribution in [1.82, 2.24) is 0 Å². The van der Waals surface area contributed by atoms with Gasteiger partial charge in [-0.05, 0) is 54.0 Å². The number of benzene rings is 2. The zero-order valence-corrected chi connectivity index (χ0v) is 15.6. The molecular weight excluding hydrogens is 324 g/mol. The van der Waals surface area contributed by atoms with Crippen LogP contribution in [-0.2, 0) is 35.2 Å². The largest absolute Gasteiger partial charge is 0.493 e. The summed E-state index contributed by atoms with van der Waals surface area (Å²) in [6.07, 6.45) is 4.09. The van der Waals surface area contributed by atoms with Crippen LogP contribution in [0, 0.1) is 11.3 Å². The van der Waals surface area contributed by atoms with Crippen molar-refractivity contribution in [3.05, 3.63) is 64.7 Å². The van der Waals surface area contributed by atoms with E-state index in [-0.39, 0.29) is 11.4 Å². The normalized spacial score (nSPS) is 23.7. The zero-order valence-electron chi connectivity index (χ0n) is 15.6. The van der Waals surface area contributed by atoms with Crippen LogP contribution in [0.25, 0.3) is 0 Å². The average molecular weight is 350 g/mol. The smallest absolute Gasteiger partial charge is 0.302 e. The second-order valence-corrected chi connectivity index (χ2v) is 8.24. The number of carbonyl (C=O) groups excluding carboxylic acids is 1. The van der Waals surface area contributed by atoms with Gasteiger partial charge in [-0.3, -0.25) is 4.79 Å². The molecular formula is C23H26O3. The molecule has 0 fully saturated rings. The highest BCUT2D eigenvalue weighted by molar-refractivity contribution is 5.66. The van der Waals surface area contributed by atoms with Crippen LogP contribution in [0.2, 0.25) is 0 Å². The summed E-state index contributed by atoms with van der Waals surface area (Å²) >= 11 is 0. The summed E-state index contributed by atoms with van der Waals surface area (Å²) in [5.74, 6) is 1.37. The minimum absolute atomic E-state index is 0.0273. The molecule has 0 bridgehead atoms. The molecule has 1 aliphatic carbocycles. The first-order valence-corrected chi connectivity index (χ1v) is 9.45. The van der Waals surface area contributed by atoms with Crippen molar-refractivity contribution in [2.75, 3.05) is 13.2 Å². The van der Waals surface area contributed by atoms with Gasteiger partial charge in [-0.25, -0.2) is 0 Å². The molecule has 136 valence electrons. The lowest BCUT2D eigenvalue weighted by molar-refractivity contribution is -0.144. The fourth-order valence-electron chi connectivity index (χ4n) is 4.36. The Hall–Kier alpha value is -2.29. The lowest BCUT2D eigenvalue weighted by atomic mass is 9.88. The molecule has 0 spiro atoms. The predicted molar refractivity (Wildman–Crippen MR) is 101 cm³/mol. The van der Waals surface area contributed by atoms with Crippen molar-refractivity contribution >= 4 is 5.97 Å². The third-order valence-corrected chi connectivity index (χ3v) is 5.61. The molecule has 26 heavy (non-hydrogen) atoms. The maximum Gasteiger partial charge on any atom is 0.302 e. The summed E-state index contributed by atoms with van der Waals surface area (Å²) < 4.78 is 11.2. The molecule has 0 saturated carbocycles. The Balaban J connectivity index is 1.43. The molecule has 2 aromatic rings. The molecule has 4 rings (SSSR count). The van der Waals surface area contributed by atoms with Crippen LogP contribution in [-0.4, -0.2) is 19.2 Å². The summed E-state index contributed by atoms with van der Waals surface area (Å²) in [6, 6.07) is 15.2. The predicted octanol–water partition coefficient (Wildman–Crippen LogP) is 4.15. The molecule has 1 aliphatic heterocycles. The van der Waals surface area contributed by atoms with E-state index in [0.717, 1.165) is 38.0 Å². The minimum Gasteiger partial charge on any atom is -0.493 e. The van der Waals surface area contributed by atoms with Gasteiger partial charge in [-0.15, -0.1) is 0 Å². The monoisotopic (exact) mass is 350 g/mol. The van der Waals surface area contributed by atoms with Crippen LogP contribution in [0.4, 0.5) is 0 Å². The number of carbonyl (C=O) groups is 1. The molecule has 0 saturated heterocycles. The number of para-hydroxylation sites is 1. The van der Waals surface area contributed by atoms with Crippen molar-refractivity contribution < 1.29 is 14.3 Å². The van der Waals surface area contributed by atoms with Gasteiger partial charge >= 0.3 is 5.97 Å². The zero-order chi connectivity index (χ0) is 18.1. The van der Waals surface area contributed by atoms with Crippen LogP contribution in [0.5, 0.6) is 5.75 Å². The highest BCUT2D eigenvalue weighted by atomic mass is 16.5. The van der Waals surface area contributed by atoms with Crippen LogP contribution in [0.15, 0.2) is 42.5 Å². The van der Waals surface area contributed by atoms with E-state index in [1.807, 2.05) is 6.07 Å². The maximum atomic E-state index is 11.1. The first-order valence-electron chi connectivity index (χ1n) is 9.45. The average Bonchev–Trinajstić information content (AvgIpc) is 2.96. The van der Waals surface area contributed by atoms with Gasteiger partial charge in [0.15, 0.2) is 0 Å². The Kier molecular flexibility index (Phi) is 4.47. The molecule has 3 nitrogen and oxygen atoms in total. The number of fused-ring (bicyclic) bond motifs is 2. The highest BCUT2D eigenvalue weighted by Crippen LogP contribution is 2.38. The lowest BCUT2D eigenvalue weighted by Crippen LogP contribution is -2.25. The van der Waals surface area contributed by atoms with E-state index in [1.54, 1.807) is 0 Å². The van der Waals surface area contributed by atoms with E-state index in [2.05, 4.69) is 43.3 Å². The summed E-state index contributed by atoms with van der Waals surface area (Å²) in [5.41, 5.74) is 5.54. The second-order valence-electron chi connectivity index (χ2n) is 8.24. The molecule has 2 aromatic carbocycles. The quantitative estimate of drug-likeness (QED) is 0.777. The fourth-order valence-corrected chi connectivity index (χ4v) is 4.36. The third-order valence-electron chi connectivity index (χ3n) is 5.61. The number of esters is 1. The Bertz CT molecular complexity index is 826. The third kappa shape index (κ3) is 3.62. The van der Waals surface area contributed by atoms with Crippen LogP contribution < -0.4 is 4.74 Å². The van der Waals surface area contributed by atoms with Gasteiger partial charge in [0, 0.05) is 18.3 Å². The van der Waals surface area contributed by atoms with Gasteiger partial charge in [0.1, 0.15) is 5.75 Å². The molecule has 2 aliphatic rings. The Morgan fingerprint density at radius 3 is 2.81 bits per heavy atom. The van der Waals surface area contributed by atoms with Gasteiger partial charge in [0.25, 0.3) is 0 Å². The van der Waals surface area contributed by atoms with E-state index in [1.165, 1.54) is 29.2 Å². The molecule has 1 heterocycles. The summed E-state index contributed by atoms with van der Waals surface area (Å²) in [6.45, 7) is 4.98. The van der Waals surface area contributed by atoms with E-state index >= 15 is 0 Å². The van der Waals surface area contributed by atoms with Gasteiger partial charge in [0.05, 0.1) is 13.2 Å². The lowest BCUT2D eigenvalue weighted by Gasteiger charge is -2.25. The maximum absolute atomic E-state index is 11.1. The Morgan fingerprint density at radius 1 is 1.15 bits per heavy atom. The molecule has 2 atom stereocenters. The number of rotatable bonds is 4. The molecule has 1 unspecified atom stereocenters.